The number of carbonyl (C=O) groups excluding carboxylic acids is 2. The molecule has 3 aromatic carbocycles. The molecule has 3 aromatic rings. The zero-order chi connectivity index (χ0) is 18.4. The van der Waals surface area contributed by atoms with E-state index < -0.39 is 0 Å². The van der Waals surface area contributed by atoms with Crippen LogP contribution >= 0.6 is 0 Å². The van der Waals surface area contributed by atoms with Crippen molar-refractivity contribution in [1.82, 2.24) is 0 Å². The van der Waals surface area contributed by atoms with Gasteiger partial charge in [0.25, 0.3) is 5.91 Å². The summed E-state index contributed by atoms with van der Waals surface area (Å²) in [5.41, 5.74) is 3.75. The Balaban J connectivity index is 1.70. The predicted molar refractivity (Wildman–Crippen MR) is 104 cm³/mol. The molecule has 130 valence electrons. The van der Waals surface area contributed by atoms with Gasteiger partial charge >= 0.3 is 0 Å². The minimum atomic E-state index is -0.213. The van der Waals surface area contributed by atoms with Crippen molar-refractivity contribution < 1.29 is 9.59 Å². The van der Waals surface area contributed by atoms with Gasteiger partial charge in [-0.05, 0) is 36.8 Å². The summed E-state index contributed by atoms with van der Waals surface area (Å²) in [6.45, 7) is 1.97. The lowest BCUT2D eigenvalue weighted by atomic mass is 10.1. The highest BCUT2D eigenvalue weighted by molar-refractivity contribution is 6.07. The maximum absolute atomic E-state index is 12.4. The lowest BCUT2D eigenvalue weighted by Crippen LogP contribution is -2.18. The Morgan fingerprint density at radius 3 is 1.96 bits per heavy atom. The number of rotatable bonds is 5. The third-order valence-electron chi connectivity index (χ3n) is 3.97. The van der Waals surface area contributed by atoms with Gasteiger partial charge in [0.1, 0.15) is 0 Å². The highest BCUT2D eigenvalue weighted by Gasteiger charge is 2.11. The first-order valence-electron chi connectivity index (χ1n) is 8.42. The molecule has 0 unspecified atom stereocenters. The van der Waals surface area contributed by atoms with Gasteiger partial charge in [0.2, 0.25) is 5.91 Å². The number of amides is 2. The highest BCUT2D eigenvalue weighted by Crippen LogP contribution is 2.22. The van der Waals surface area contributed by atoms with Gasteiger partial charge in [0.05, 0.1) is 17.8 Å². The Morgan fingerprint density at radius 1 is 0.731 bits per heavy atom. The van der Waals surface area contributed by atoms with E-state index in [1.54, 1.807) is 24.3 Å². The van der Waals surface area contributed by atoms with Crippen molar-refractivity contribution in [1.29, 1.82) is 0 Å². The van der Waals surface area contributed by atoms with Gasteiger partial charge in [0.15, 0.2) is 0 Å². The van der Waals surface area contributed by atoms with Crippen molar-refractivity contribution in [2.75, 3.05) is 10.6 Å². The molecule has 4 nitrogen and oxygen atoms in total. The number of aryl methyl sites for hydroxylation is 1. The fourth-order valence-corrected chi connectivity index (χ4v) is 2.58. The van der Waals surface area contributed by atoms with Crippen LogP contribution in [0.25, 0.3) is 0 Å². The number of para-hydroxylation sites is 2. The maximum atomic E-state index is 12.4. The van der Waals surface area contributed by atoms with Gasteiger partial charge in [-0.3, -0.25) is 9.59 Å². The molecule has 0 aliphatic carbocycles. The number of carbonyl (C=O) groups is 2. The van der Waals surface area contributed by atoms with Crippen molar-refractivity contribution in [2.24, 2.45) is 0 Å². The number of hydrogen-bond acceptors (Lipinski definition) is 2. The molecule has 0 atom stereocenters. The number of hydrogen-bond donors (Lipinski definition) is 2. The summed E-state index contributed by atoms with van der Waals surface area (Å²) < 4.78 is 0. The van der Waals surface area contributed by atoms with Crippen LogP contribution in [0.5, 0.6) is 0 Å². The molecule has 3 rings (SSSR count). The van der Waals surface area contributed by atoms with Crippen molar-refractivity contribution in [2.45, 2.75) is 13.3 Å². The summed E-state index contributed by atoms with van der Waals surface area (Å²) in [5.74, 6) is -0.344. The quantitative estimate of drug-likeness (QED) is 0.719. The van der Waals surface area contributed by atoms with Crippen LogP contribution in [0, 0.1) is 6.92 Å². The van der Waals surface area contributed by atoms with E-state index in [9.17, 15) is 9.59 Å². The Labute approximate surface area is 152 Å². The van der Waals surface area contributed by atoms with E-state index in [-0.39, 0.29) is 18.2 Å². The second-order valence-corrected chi connectivity index (χ2v) is 6.08. The molecular formula is C22H20N2O2. The monoisotopic (exact) mass is 344 g/mol. The first-order chi connectivity index (χ1) is 12.6. The van der Waals surface area contributed by atoms with Crippen LogP contribution < -0.4 is 10.6 Å². The molecule has 0 saturated carbocycles. The zero-order valence-electron chi connectivity index (χ0n) is 14.5. The summed E-state index contributed by atoms with van der Waals surface area (Å²) in [4.78, 5) is 24.7. The lowest BCUT2D eigenvalue weighted by Gasteiger charge is -2.12. The van der Waals surface area contributed by atoms with Gasteiger partial charge < -0.3 is 10.6 Å². The highest BCUT2D eigenvalue weighted by atomic mass is 16.2. The van der Waals surface area contributed by atoms with Crippen LogP contribution in [-0.2, 0) is 11.2 Å². The Hall–Kier alpha value is -3.40. The number of nitrogens with one attached hydrogen (secondary N) is 2. The molecule has 0 fully saturated rings. The van der Waals surface area contributed by atoms with Crippen molar-refractivity contribution in [3.8, 4) is 0 Å². The summed E-state index contributed by atoms with van der Waals surface area (Å²) in [6, 6.07) is 24.0. The van der Waals surface area contributed by atoms with E-state index in [0.717, 1.165) is 11.1 Å². The Kier molecular flexibility index (Phi) is 5.44. The molecule has 2 N–H and O–H groups in total. The standard InChI is InChI=1S/C22H20N2O2/c1-16-11-13-18(14-12-16)22(26)24-20-10-6-5-9-19(20)23-21(25)15-17-7-3-2-4-8-17/h2-14H,15H2,1H3,(H,23,25)(H,24,26). The van der Waals surface area contributed by atoms with E-state index in [4.69, 9.17) is 0 Å². The minimum absolute atomic E-state index is 0.131. The maximum Gasteiger partial charge on any atom is 0.255 e. The zero-order valence-corrected chi connectivity index (χ0v) is 14.5. The van der Waals surface area contributed by atoms with Crippen LogP contribution in [0.3, 0.4) is 0 Å². The molecule has 0 bridgehead atoms. The van der Waals surface area contributed by atoms with Crippen LogP contribution in [0.2, 0.25) is 0 Å². The van der Waals surface area contributed by atoms with E-state index in [1.807, 2.05) is 61.5 Å². The topological polar surface area (TPSA) is 58.2 Å². The molecular weight excluding hydrogens is 324 g/mol. The summed E-state index contributed by atoms with van der Waals surface area (Å²) in [6.07, 6.45) is 0.279. The number of benzene rings is 3. The molecule has 0 radical (unpaired) electrons. The molecule has 0 aliphatic rings. The van der Waals surface area contributed by atoms with E-state index in [0.29, 0.717) is 16.9 Å². The molecule has 0 aliphatic heterocycles. The van der Waals surface area contributed by atoms with Crippen molar-refractivity contribution in [3.05, 3.63) is 95.6 Å². The average molecular weight is 344 g/mol. The normalized spacial score (nSPS) is 10.2. The van der Waals surface area contributed by atoms with Crippen molar-refractivity contribution >= 4 is 23.2 Å². The summed E-state index contributed by atoms with van der Waals surface area (Å²) in [7, 11) is 0. The lowest BCUT2D eigenvalue weighted by molar-refractivity contribution is -0.115. The molecule has 0 heterocycles. The van der Waals surface area contributed by atoms with Gasteiger partial charge in [-0.1, -0.05) is 60.2 Å². The number of anilines is 2. The Bertz CT molecular complexity index is 903. The first kappa shape index (κ1) is 17.4. The second-order valence-electron chi connectivity index (χ2n) is 6.08. The minimum Gasteiger partial charge on any atom is -0.324 e. The van der Waals surface area contributed by atoms with Gasteiger partial charge in [0, 0.05) is 5.56 Å². The van der Waals surface area contributed by atoms with Crippen molar-refractivity contribution in [3.63, 3.8) is 0 Å². The third-order valence-corrected chi connectivity index (χ3v) is 3.97. The van der Waals surface area contributed by atoms with E-state index >= 15 is 0 Å². The molecule has 2 amide bonds. The second kappa shape index (κ2) is 8.12. The van der Waals surface area contributed by atoms with Crippen LogP contribution in [0.4, 0.5) is 11.4 Å². The van der Waals surface area contributed by atoms with E-state index in [2.05, 4.69) is 10.6 Å². The molecule has 4 heteroatoms. The summed E-state index contributed by atoms with van der Waals surface area (Å²) >= 11 is 0. The fourth-order valence-electron chi connectivity index (χ4n) is 2.58. The van der Waals surface area contributed by atoms with Crippen LogP contribution in [-0.4, -0.2) is 11.8 Å². The summed E-state index contributed by atoms with van der Waals surface area (Å²) in [5, 5.41) is 5.73. The van der Waals surface area contributed by atoms with Crippen LogP contribution in [0.1, 0.15) is 21.5 Å². The first-order valence-corrected chi connectivity index (χ1v) is 8.42. The molecule has 0 saturated heterocycles. The van der Waals surface area contributed by atoms with E-state index in [1.165, 1.54) is 0 Å². The van der Waals surface area contributed by atoms with Gasteiger partial charge in [-0.15, -0.1) is 0 Å². The molecule has 0 spiro atoms. The Morgan fingerprint density at radius 2 is 1.31 bits per heavy atom. The predicted octanol–water partition coefficient (Wildman–Crippen LogP) is 4.43. The van der Waals surface area contributed by atoms with Gasteiger partial charge in [-0.25, -0.2) is 0 Å². The fraction of sp³-hybridized carbons (Fsp3) is 0.0909. The molecule has 26 heavy (non-hydrogen) atoms. The SMILES string of the molecule is Cc1ccc(C(=O)Nc2ccccc2NC(=O)Cc2ccccc2)cc1. The smallest absolute Gasteiger partial charge is 0.255 e. The van der Waals surface area contributed by atoms with Crippen LogP contribution in [0.15, 0.2) is 78.9 Å². The molecule has 0 aromatic heterocycles. The third kappa shape index (κ3) is 4.57. The largest absolute Gasteiger partial charge is 0.324 e. The average Bonchev–Trinajstić information content (AvgIpc) is 2.64. The van der Waals surface area contributed by atoms with Gasteiger partial charge in [-0.2, -0.15) is 0 Å².